The standard InChI is InChI=1S/C19H17Cl2N3O4S2/c20-13-8-9-16(15(21)11-13)28-10-4-7-17(25)22-19-24-23-18(29-19)12-30(26,27)14-5-2-1-3-6-14/h1-3,5-6,8-9,11H,4,7,10,12H2,(H,22,24,25). The lowest BCUT2D eigenvalue weighted by molar-refractivity contribution is -0.116. The maximum Gasteiger partial charge on any atom is 0.226 e. The molecule has 3 aromatic rings. The van der Waals surface area contributed by atoms with Crippen molar-refractivity contribution in [1.29, 1.82) is 0 Å². The number of hydrogen-bond donors (Lipinski definition) is 1. The van der Waals surface area contributed by atoms with Gasteiger partial charge in [0.15, 0.2) is 9.84 Å². The largest absolute Gasteiger partial charge is 0.492 e. The Morgan fingerprint density at radius 2 is 1.87 bits per heavy atom. The molecule has 1 heterocycles. The third kappa shape index (κ3) is 6.40. The van der Waals surface area contributed by atoms with E-state index in [0.717, 1.165) is 11.3 Å². The van der Waals surface area contributed by atoms with Gasteiger partial charge in [-0.05, 0) is 36.8 Å². The van der Waals surface area contributed by atoms with Crippen LogP contribution in [0.15, 0.2) is 53.4 Å². The van der Waals surface area contributed by atoms with Gasteiger partial charge in [-0.1, -0.05) is 52.7 Å². The van der Waals surface area contributed by atoms with Crippen LogP contribution in [0.1, 0.15) is 17.8 Å². The molecule has 1 N–H and O–H groups in total. The number of carbonyl (C=O) groups excluding carboxylic acids is 1. The van der Waals surface area contributed by atoms with Crippen molar-refractivity contribution in [2.24, 2.45) is 0 Å². The maximum absolute atomic E-state index is 12.4. The molecule has 0 radical (unpaired) electrons. The highest BCUT2D eigenvalue weighted by Gasteiger charge is 2.18. The highest BCUT2D eigenvalue weighted by molar-refractivity contribution is 7.90. The lowest BCUT2D eigenvalue weighted by atomic mass is 10.3. The van der Waals surface area contributed by atoms with E-state index < -0.39 is 9.84 Å². The first-order chi connectivity index (χ1) is 14.3. The Bertz CT molecular complexity index is 1120. The van der Waals surface area contributed by atoms with Crippen LogP contribution in [-0.2, 0) is 20.4 Å². The van der Waals surface area contributed by atoms with Gasteiger partial charge in [0.1, 0.15) is 16.5 Å². The molecule has 0 saturated carbocycles. The third-order valence-corrected chi connectivity index (χ3v) is 7.02. The topological polar surface area (TPSA) is 98.2 Å². The van der Waals surface area contributed by atoms with Crippen molar-refractivity contribution in [3.05, 3.63) is 63.6 Å². The molecular weight excluding hydrogens is 469 g/mol. The fourth-order valence-electron chi connectivity index (χ4n) is 2.43. The zero-order valence-corrected chi connectivity index (χ0v) is 18.7. The summed E-state index contributed by atoms with van der Waals surface area (Å²) in [6.45, 7) is 0.297. The first kappa shape index (κ1) is 22.5. The number of sulfone groups is 1. The van der Waals surface area contributed by atoms with Crippen LogP contribution < -0.4 is 10.1 Å². The summed E-state index contributed by atoms with van der Waals surface area (Å²) in [5.41, 5.74) is 0. The minimum atomic E-state index is -3.52. The van der Waals surface area contributed by atoms with Crippen molar-refractivity contribution >= 4 is 55.4 Å². The number of carbonyl (C=O) groups is 1. The number of aromatic nitrogens is 2. The van der Waals surface area contributed by atoms with Gasteiger partial charge in [-0.3, -0.25) is 4.79 Å². The lowest BCUT2D eigenvalue weighted by Gasteiger charge is -2.07. The van der Waals surface area contributed by atoms with Gasteiger partial charge >= 0.3 is 0 Å². The fourth-order valence-corrected chi connectivity index (χ4v) is 5.26. The Morgan fingerprint density at radius 3 is 2.60 bits per heavy atom. The number of hydrogen-bond acceptors (Lipinski definition) is 7. The number of anilines is 1. The van der Waals surface area contributed by atoms with Gasteiger partial charge in [-0.15, -0.1) is 10.2 Å². The van der Waals surface area contributed by atoms with Gasteiger partial charge in [0, 0.05) is 11.4 Å². The summed E-state index contributed by atoms with van der Waals surface area (Å²) in [6.07, 6.45) is 0.654. The first-order valence-electron chi connectivity index (χ1n) is 8.81. The van der Waals surface area contributed by atoms with Gasteiger partial charge in [0.05, 0.1) is 16.5 Å². The second-order valence-electron chi connectivity index (χ2n) is 6.15. The zero-order chi connectivity index (χ0) is 21.6. The highest BCUT2D eigenvalue weighted by atomic mass is 35.5. The number of nitrogens with zero attached hydrogens (tertiary/aromatic N) is 2. The molecule has 0 aliphatic heterocycles. The van der Waals surface area contributed by atoms with E-state index in [0.29, 0.717) is 33.8 Å². The summed E-state index contributed by atoms with van der Waals surface area (Å²) in [7, 11) is -3.52. The SMILES string of the molecule is O=C(CCCOc1ccc(Cl)cc1Cl)Nc1nnc(CS(=O)(=O)c2ccccc2)s1. The molecule has 0 atom stereocenters. The van der Waals surface area contributed by atoms with Crippen molar-refractivity contribution in [3.8, 4) is 5.75 Å². The number of halogens is 2. The van der Waals surface area contributed by atoms with Crippen LogP contribution in [0.5, 0.6) is 5.75 Å². The van der Waals surface area contributed by atoms with E-state index in [-0.39, 0.29) is 28.1 Å². The van der Waals surface area contributed by atoms with Crippen molar-refractivity contribution in [1.82, 2.24) is 10.2 Å². The Kier molecular flexibility index (Phi) is 7.65. The summed E-state index contributed by atoms with van der Waals surface area (Å²) in [5, 5.41) is 11.8. The van der Waals surface area contributed by atoms with E-state index in [1.807, 2.05) is 0 Å². The highest BCUT2D eigenvalue weighted by Crippen LogP contribution is 2.27. The molecule has 7 nitrogen and oxygen atoms in total. The van der Waals surface area contributed by atoms with Gasteiger partial charge < -0.3 is 10.1 Å². The first-order valence-corrected chi connectivity index (χ1v) is 12.0. The molecular formula is C19H17Cl2N3O4S2. The molecule has 11 heteroatoms. The zero-order valence-electron chi connectivity index (χ0n) is 15.5. The monoisotopic (exact) mass is 485 g/mol. The average molecular weight is 486 g/mol. The van der Waals surface area contributed by atoms with Crippen LogP contribution in [0, 0.1) is 0 Å². The van der Waals surface area contributed by atoms with E-state index in [1.165, 1.54) is 12.1 Å². The van der Waals surface area contributed by atoms with E-state index in [2.05, 4.69) is 15.5 Å². The molecule has 0 saturated heterocycles. The van der Waals surface area contributed by atoms with E-state index in [4.69, 9.17) is 27.9 Å². The van der Waals surface area contributed by atoms with Crippen molar-refractivity contribution in [2.75, 3.05) is 11.9 Å². The van der Waals surface area contributed by atoms with Gasteiger partial charge in [-0.2, -0.15) is 0 Å². The van der Waals surface area contributed by atoms with Gasteiger partial charge in [0.2, 0.25) is 11.0 Å². The summed E-state index contributed by atoms with van der Waals surface area (Å²) in [6, 6.07) is 13.0. The van der Waals surface area contributed by atoms with Crippen LogP contribution >= 0.6 is 34.5 Å². The number of rotatable bonds is 9. The predicted molar refractivity (Wildman–Crippen MR) is 117 cm³/mol. The summed E-state index contributed by atoms with van der Waals surface area (Å²) in [5.74, 6) is -0.0513. The Morgan fingerprint density at radius 1 is 1.10 bits per heavy atom. The normalized spacial score (nSPS) is 11.3. The molecule has 30 heavy (non-hydrogen) atoms. The van der Waals surface area contributed by atoms with Gasteiger partial charge in [-0.25, -0.2) is 8.42 Å². The molecule has 1 aromatic heterocycles. The van der Waals surface area contributed by atoms with E-state index >= 15 is 0 Å². The number of ether oxygens (including phenoxy) is 1. The van der Waals surface area contributed by atoms with Crippen molar-refractivity contribution in [2.45, 2.75) is 23.5 Å². The minimum Gasteiger partial charge on any atom is -0.492 e. The smallest absolute Gasteiger partial charge is 0.226 e. The van der Waals surface area contributed by atoms with E-state index in [1.54, 1.807) is 36.4 Å². The average Bonchev–Trinajstić information content (AvgIpc) is 3.13. The maximum atomic E-state index is 12.4. The summed E-state index contributed by atoms with van der Waals surface area (Å²) < 4.78 is 30.3. The fraction of sp³-hybridized carbons (Fsp3) is 0.211. The molecule has 0 unspecified atom stereocenters. The summed E-state index contributed by atoms with van der Waals surface area (Å²) >= 11 is 12.9. The number of nitrogens with one attached hydrogen (secondary N) is 1. The van der Waals surface area contributed by atoms with Crippen LogP contribution in [0.25, 0.3) is 0 Å². The Balaban J connectivity index is 1.45. The Labute approximate surface area is 187 Å². The molecule has 3 rings (SSSR count). The summed E-state index contributed by atoms with van der Waals surface area (Å²) in [4.78, 5) is 12.3. The van der Waals surface area contributed by atoms with E-state index in [9.17, 15) is 13.2 Å². The molecule has 0 aliphatic rings. The Hall–Kier alpha value is -2.20. The number of amides is 1. The van der Waals surface area contributed by atoms with Gasteiger partial charge in [0.25, 0.3) is 0 Å². The molecule has 158 valence electrons. The van der Waals surface area contributed by atoms with Crippen LogP contribution in [0.2, 0.25) is 10.0 Å². The second kappa shape index (κ2) is 10.2. The predicted octanol–water partition coefficient (Wildman–Crippen LogP) is 4.62. The van der Waals surface area contributed by atoms with Crippen LogP contribution in [-0.4, -0.2) is 31.1 Å². The molecule has 0 spiro atoms. The molecule has 0 aliphatic carbocycles. The quantitative estimate of drug-likeness (QED) is 0.444. The lowest BCUT2D eigenvalue weighted by Crippen LogP contribution is -2.12. The molecule has 0 fully saturated rings. The molecule has 1 amide bonds. The molecule has 0 bridgehead atoms. The second-order valence-corrected chi connectivity index (χ2v) is 10.0. The number of benzene rings is 2. The van der Waals surface area contributed by atoms with Crippen LogP contribution in [0.3, 0.4) is 0 Å². The molecule has 2 aromatic carbocycles. The van der Waals surface area contributed by atoms with Crippen LogP contribution in [0.4, 0.5) is 5.13 Å². The third-order valence-electron chi connectivity index (χ3n) is 3.83. The van der Waals surface area contributed by atoms with Crippen molar-refractivity contribution in [3.63, 3.8) is 0 Å². The van der Waals surface area contributed by atoms with Crippen molar-refractivity contribution < 1.29 is 17.9 Å². The minimum absolute atomic E-state index is 0.197.